The van der Waals surface area contributed by atoms with Crippen molar-refractivity contribution in [2.24, 2.45) is 5.92 Å². The summed E-state index contributed by atoms with van der Waals surface area (Å²) in [4.78, 5) is 12.3. The molecular formula is C15H20ClNO3S. The monoisotopic (exact) mass is 329 g/mol. The topological polar surface area (TPSA) is 63.2 Å². The molecule has 1 amide bonds. The lowest BCUT2D eigenvalue weighted by atomic mass is 10.0. The number of rotatable bonds is 4. The molecule has 0 saturated heterocycles. The van der Waals surface area contributed by atoms with Gasteiger partial charge in [-0.2, -0.15) is 0 Å². The van der Waals surface area contributed by atoms with Crippen molar-refractivity contribution in [3.63, 3.8) is 0 Å². The number of hydrogen-bond acceptors (Lipinski definition) is 3. The van der Waals surface area contributed by atoms with Crippen molar-refractivity contribution in [1.82, 2.24) is 5.32 Å². The molecule has 0 bridgehead atoms. The zero-order valence-electron chi connectivity index (χ0n) is 12.3. The van der Waals surface area contributed by atoms with Gasteiger partial charge in [0.2, 0.25) is 0 Å². The standard InChI is InChI=1S/C15H20ClNO3S/c1-10-7-11(2)14(21(16,19)20)8-13(10)15(18)17-9-12-5-3-4-6-12/h7-8,12H,3-6,9H2,1-2H3,(H,17,18). The van der Waals surface area contributed by atoms with Crippen LogP contribution in [-0.4, -0.2) is 20.9 Å². The molecule has 1 N–H and O–H groups in total. The van der Waals surface area contributed by atoms with E-state index in [-0.39, 0.29) is 10.8 Å². The van der Waals surface area contributed by atoms with E-state index in [1.807, 2.05) is 0 Å². The minimum atomic E-state index is -3.84. The predicted octanol–water partition coefficient (Wildman–Crippen LogP) is 3.15. The lowest BCUT2D eigenvalue weighted by Gasteiger charge is -2.13. The number of nitrogens with one attached hydrogen (secondary N) is 1. The van der Waals surface area contributed by atoms with Crippen LogP contribution in [0.4, 0.5) is 0 Å². The number of hydrogen-bond donors (Lipinski definition) is 1. The highest BCUT2D eigenvalue weighted by Gasteiger charge is 2.20. The smallest absolute Gasteiger partial charge is 0.261 e. The first-order valence-corrected chi connectivity index (χ1v) is 9.44. The van der Waals surface area contributed by atoms with E-state index in [1.54, 1.807) is 19.9 Å². The van der Waals surface area contributed by atoms with Gasteiger partial charge in [-0.3, -0.25) is 4.79 Å². The van der Waals surface area contributed by atoms with Crippen LogP contribution in [0.1, 0.15) is 47.2 Å². The average molecular weight is 330 g/mol. The van der Waals surface area contributed by atoms with Crippen molar-refractivity contribution in [3.8, 4) is 0 Å². The van der Waals surface area contributed by atoms with E-state index >= 15 is 0 Å². The van der Waals surface area contributed by atoms with Gasteiger partial charge in [-0.05, 0) is 49.8 Å². The molecule has 0 radical (unpaired) electrons. The molecule has 0 aromatic heterocycles. The third-order valence-corrected chi connectivity index (χ3v) is 5.52. The molecule has 1 fully saturated rings. The summed E-state index contributed by atoms with van der Waals surface area (Å²) in [7, 11) is 1.57. The molecule has 6 heteroatoms. The molecule has 116 valence electrons. The van der Waals surface area contributed by atoms with Crippen molar-refractivity contribution < 1.29 is 13.2 Å². The highest BCUT2D eigenvalue weighted by atomic mass is 35.7. The Morgan fingerprint density at radius 1 is 1.24 bits per heavy atom. The molecule has 1 aliphatic carbocycles. The Morgan fingerprint density at radius 2 is 1.86 bits per heavy atom. The summed E-state index contributed by atoms with van der Waals surface area (Å²) in [6, 6.07) is 3.05. The van der Waals surface area contributed by atoms with Crippen LogP contribution in [-0.2, 0) is 9.05 Å². The molecule has 0 heterocycles. The summed E-state index contributed by atoms with van der Waals surface area (Å²) < 4.78 is 23.1. The molecular weight excluding hydrogens is 310 g/mol. The molecule has 1 aromatic rings. The Hall–Kier alpha value is -1.07. The summed E-state index contributed by atoms with van der Waals surface area (Å²) >= 11 is 0. The van der Waals surface area contributed by atoms with Crippen molar-refractivity contribution in [3.05, 3.63) is 28.8 Å². The van der Waals surface area contributed by atoms with Crippen LogP contribution in [0.2, 0.25) is 0 Å². The third kappa shape index (κ3) is 3.98. The molecule has 1 aromatic carbocycles. The summed E-state index contributed by atoms with van der Waals surface area (Å²) in [5.41, 5.74) is 1.67. The van der Waals surface area contributed by atoms with Gasteiger partial charge in [0.25, 0.3) is 15.0 Å². The minimum absolute atomic E-state index is 0.000725. The fourth-order valence-electron chi connectivity index (χ4n) is 2.89. The van der Waals surface area contributed by atoms with Crippen LogP contribution >= 0.6 is 10.7 Å². The van der Waals surface area contributed by atoms with E-state index in [9.17, 15) is 13.2 Å². The number of amides is 1. The second kappa shape index (κ2) is 6.36. The van der Waals surface area contributed by atoms with Gasteiger partial charge in [-0.15, -0.1) is 0 Å². The Bertz CT molecular complexity index is 649. The second-order valence-electron chi connectivity index (χ2n) is 5.73. The van der Waals surface area contributed by atoms with Gasteiger partial charge in [0.15, 0.2) is 0 Å². The Kier molecular flexibility index (Phi) is 4.94. The fraction of sp³-hybridized carbons (Fsp3) is 0.533. The van der Waals surface area contributed by atoms with E-state index < -0.39 is 9.05 Å². The number of carbonyl (C=O) groups is 1. The zero-order valence-corrected chi connectivity index (χ0v) is 13.9. The van der Waals surface area contributed by atoms with Crippen LogP contribution in [0.5, 0.6) is 0 Å². The molecule has 0 atom stereocenters. The quantitative estimate of drug-likeness (QED) is 0.863. The van der Waals surface area contributed by atoms with Crippen molar-refractivity contribution in [2.75, 3.05) is 6.54 Å². The van der Waals surface area contributed by atoms with E-state index in [0.717, 1.165) is 18.4 Å². The molecule has 0 spiro atoms. The molecule has 4 nitrogen and oxygen atoms in total. The van der Waals surface area contributed by atoms with Crippen LogP contribution in [0.3, 0.4) is 0 Å². The molecule has 21 heavy (non-hydrogen) atoms. The molecule has 2 rings (SSSR count). The third-order valence-electron chi connectivity index (χ3n) is 4.06. The van der Waals surface area contributed by atoms with Crippen LogP contribution in [0, 0.1) is 19.8 Å². The number of carbonyl (C=O) groups excluding carboxylic acids is 1. The Labute approximate surface area is 130 Å². The molecule has 0 unspecified atom stereocenters. The molecule has 1 saturated carbocycles. The average Bonchev–Trinajstić information content (AvgIpc) is 2.87. The van der Waals surface area contributed by atoms with Crippen molar-refractivity contribution >= 4 is 25.6 Å². The highest BCUT2D eigenvalue weighted by molar-refractivity contribution is 8.13. The summed E-state index contributed by atoms with van der Waals surface area (Å²) in [6.07, 6.45) is 4.74. The van der Waals surface area contributed by atoms with Gasteiger partial charge in [0, 0.05) is 22.8 Å². The Morgan fingerprint density at radius 3 is 2.43 bits per heavy atom. The lowest BCUT2D eigenvalue weighted by molar-refractivity contribution is 0.0946. The first-order valence-electron chi connectivity index (χ1n) is 7.13. The largest absolute Gasteiger partial charge is 0.352 e. The maximum Gasteiger partial charge on any atom is 0.261 e. The van der Waals surface area contributed by atoms with Crippen molar-refractivity contribution in [1.29, 1.82) is 0 Å². The highest BCUT2D eigenvalue weighted by Crippen LogP contribution is 2.25. The number of halogens is 1. The maximum absolute atomic E-state index is 12.3. The number of benzene rings is 1. The predicted molar refractivity (Wildman–Crippen MR) is 83.2 cm³/mol. The first kappa shape index (κ1) is 16.3. The Balaban J connectivity index is 2.20. The van der Waals surface area contributed by atoms with Gasteiger partial charge in [-0.25, -0.2) is 8.42 Å². The van der Waals surface area contributed by atoms with Crippen LogP contribution < -0.4 is 5.32 Å². The lowest BCUT2D eigenvalue weighted by Crippen LogP contribution is -2.29. The summed E-state index contributed by atoms with van der Waals surface area (Å²) in [6.45, 7) is 4.11. The van der Waals surface area contributed by atoms with E-state index in [1.165, 1.54) is 18.9 Å². The number of aryl methyl sites for hydroxylation is 2. The van der Waals surface area contributed by atoms with Gasteiger partial charge >= 0.3 is 0 Å². The first-order chi connectivity index (χ1) is 9.79. The van der Waals surface area contributed by atoms with E-state index in [0.29, 0.717) is 23.6 Å². The minimum Gasteiger partial charge on any atom is -0.352 e. The van der Waals surface area contributed by atoms with E-state index in [4.69, 9.17) is 10.7 Å². The van der Waals surface area contributed by atoms with Gasteiger partial charge < -0.3 is 5.32 Å². The van der Waals surface area contributed by atoms with Gasteiger partial charge in [-0.1, -0.05) is 18.9 Å². The normalized spacial score (nSPS) is 16.1. The van der Waals surface area contributed by atoms with E-state index in [2.05, 4.69) is 5.32 Å². The van der Waals surface area contributed by atoms with Crippen LogP contribution in [0.15, 0.2) is 17.0 Å². The maximum atomic E-state index is 12.3. The second-order valence-corrected chi connectivity index (χ2v) is 8.27. The molecule has 1 aliphatic rings. The van der Waals surface area contributed by atoms with Crippen molar-refractivity contribution in [2.45, 2.75) is 44.4 Å². The molecule has 0 aliphatic heterocycles. The van der Waals surface area contributed by atoms with Crippen LogP contribution in [0.25, 0.3) is 0 Å². The fourth-order valence-corrected chi connectivity index (χ4v) is 4.09. The van der Waals surface area contributed by atoms with Gasteiger partial charge in [0.05, 0.1) is 4.90 Å². The zero-order chi connectivity index (χ0) is 15.6. The van der Waals surface area contributed by atoms with Gasteiger partial charge in [0.1, 0.15) is 0 Å². The summed E-state index contributed by atoms with van der Waals surface area (Å²) in [5, 5.41) is 2.90. The summed E-state index contributed by atoms with van der Waals surface area (Å²) in [5.74, 6) is 0.303. The SMILES string of the molecule is Cc1cc(C)c(S(=O)(=O)Cl)cc1C(=O)NCC1CCCC1.